The van der Waals surface area contributed by atoms with E-state index in [1.807, 2.05) is 0 Å². The minimum Gasteiger partial charge on any atom is -0.507 e. The Labute approximate surface area is 202 Å². The van der Waals surface area contributed by atoms with Gasteiger partial charge in [0, 0.05) is 18.7 Å². The van der Waals surface area contributed by atoms with Gasteiger partial charge in [0.25, 0.3) is 11.7 Å². The van der Waals surface area contributed by atoms with Crippen molar-refractivity contribution < 1.29 is 38.4 Å². The number of rotatable bonds is 6. The van der Waals surface area contributed by atoms with E-state index in [2.05, 4.69) is 0 Å². The van der Waals surface area contributed by atoms with Crippen LogP contribution in [-0.4, -0.2) is 68.4 Å². The van der Waals surface area contributed by atoms with Crippen LogP contribution in [0.3, 0.4) is 0 Å². The molecular weight excluding hydrogens is 454 g/mol. The number of nitrogens with zero attached hydrogens (tertiary/aromatic N) is 1. The molecule has 9 heteroatoms. The van der Waals surface area contributed by atoms with Gasteiger partial charge in [0.15, 0.2) is 23.0 Å². The van der Waals surface area contributed by atoms with E-state index in [1.54, 1.807) is 36.4 Å². The number of fused-ring (bicyclic) bond motifs is 1. The molecule has 0 radical (unpaired) electrons. The molecule has 1 amide bonds. The normalized spacial score (nSPS) is 23.0. The Bertz CT molecular complexity index is 1180. The van der Waals surface area contributed by atoms with Crippen molar-refractivity contribution >= 4 is 17.4 Å². The first-order valence-electron chi connectivity index (χ1n) is 11.5. The van der Waals surface area contributed by atoms with Crippen molar-refractivity contribution in [2.75, 3.05) is 40.6 Å². The van der Waals surface area contributed by atoms with Gasteiger partial charge >= 0.3 is 0 Å². The van der Waals surface area contributed by atoms with Crippen LogP contribution in [0.15, 0.2) is 42.0 Å². The van der Waals surface area contributed by atoms with Crippen molar-refractivity contribution in [3.8, 4) is 23.0 Å². The molecule has 0 aliphatic carbocycles. The topological polar surface area (TPSA) is 104 Å². The van der Waals surface area contributed by atoms with Gasteiger partial charge in [0.05, 0.1) is 31.9 Å². The Balaban J connectivity index is 1.62. The summed E-state index contributed by atoms with van der Waals surface area (Å²) in [6.45, 7) is 1.68. The molecule has 3 heterocycles. The average molecular weight is 482 g/mol. The Morgan fingerprint density at radius 1 is 1.00 bits per heavy atom. The Hall–Kier alpha value is -3.72. The van der Waals surface area contributed by atoms with Crippen LogP contribution < -0.4 is 18.9 Å². The number of carbonyl (C=O) groups excluding carboxylic acids is 2. The predicted molar refractivity (Wildman–Crippen MR) is 125 cm³/mol. The smallest absolute Gasteiger partial charge is 0.295 e. The zero-order valence-electron chi connectivity index (χ0n) is 19.6. The lowest BCUT2D eigenvalue weighted by Gasteiger charge is -2.28. The number of benzene rings is 2. The molecule has 184 valence electrons. The first-order valence-corrected chi connectivity index (χ1v) is 11.5. The van der Waals surface area contributed by atoms with Crippen LogP contribution in [0.5, 0.6) is 23.0 Å². The highest BCUT2D eigenvalue weighted by Gasteiger charge is 2.47. The van der Waals surface area contributed by atoms with Crippen molar-refractivity contribution in [2.24, 2.45) is 0 Å². The van der Waals surface area contributed by atoms with Crippen molar-refractivity contribution in [3.05, 3.63) is 53.1 Å². The van der Waals surface area contributed by atoms with Gasteiger partial charge < -0.3 is 33.7 Å². The zero-order chi connectivity index (χ0) is 24.5. The third-order valence-electron chi connectivity index (χ3n) is 6.50. The van der Waals surface area contributed by atoms with Gasteiger partial charge in [0.1, 0.15) is 19.0 Å². The molecule has 0 saturated carbocycles. The van der Waals surface area contributed by atoms with Crippen LogP contribution >= 0.6 is 0 Å². The number of ketones is 1. The molecule has 35 heavy (non-hydrogen) atoms. The summed E-state index contributed by atoms with van der Waals surface area (Å²) in [4.78, 5) is 28.0. The molecule has 2 fully saturated rings. The second-order valence-electron chi connectivity index (χ2n) is 8.56. The number of amides is 1. The van der Waals surface area contributed by atoms with Crippen LogP contribution in [0.25, 0.3) is 5.76 Å². The third-order valence-corrected chi connectivity index (χ3v) is 6.50. The highest BCUT2D eigenvalue weighted by atomic mass is 16.6. The number of likely N-dealkylation sites (tertiary alicyclic amines) is 1. The van der Waals surface area contributed by atoms with E-state index in [1.165, 1.54) is 19.1 Å². The van der Waals surface area contributed by atoms with Crippen molar-refractivity contribution in [1.29, 1.82) is 0 Å². The van der Waals surface area contributed by atoms with Gasteiger partial charge in [-0.15, -0.1) is 0 Å². The van der Waals surface area contributed by atoms with Crippen molar-refractivity contribution in [2.45, 2.75) is 25.0 Å². The second kappa shape index (κ2) is 9.50. The number of hydrogen-bond acceptors (Lipinski definition) is 8. The second-order valence-corrected chi connectivity index (χ2v) is 8.56. The summed E-state index contributed by atoms with van der Waals surface area (Å²) in [7, 11) is 3.04. The number of Topliss-reactive ketones (excluding diaryl/α,β-unsaturated/α-hetero) is 1. The number of carbonyl (C=O) groups is 2. The third kappa shape index (κ3) is 4.16. The van der Waals surface area contributed by atoms with Gasteiger partial charge in [-0.3, -0.25) is 9.59 Å². The van der Waals surface area contributed by atoms with Gasteiger partial charge in [-0.2, -0.15) is 0 Å². The fourth-order valence-corrected chi connectivity index (χ4v) is 4.79. The maximum atomic E-state index is 13.3. The van der Waals surface area contributed by atoms with Gasteiger partial charge in [-0.1, -0.05) is 6.07 Å². The summed E-state index contributed by atoms with van der Waals surface area (Å²) >= 11 is 0. The largest absolute Gasteiger partial charge is 0.507 e. The lowest BCUT2D eigenvalue weighted by molar-refractivity contribution is -0.140. The van der Waals surface area contributed by atoms with Crippen LogP contribution in [0.4, 0.5) is 0 Å². The van der Waals surface area contributed by atoms with Crippen molar-refractivity contribution in [1.82, 2.24) is 4.90 Å². The number of ether oxygens (including phenoxy) is 5. The maximum Gasteiger partial charge on any atom is 0.295 e. The molecule has 5 rings (SSSR count). The standard InChI is InChI=1S/C26H27NO8/c1-31-18-7-5-15(12-20(18)32-2)23-22(25(29)26(30)27(23)14-17-4-3-9-33-17)24(28)16-6-8-19-21(13-16)35-11-10-34-19/h5-8,12-13,17,23,28H,3-4,9-11,14H2,1-2H3/t17-,23+/m1/s1. The summed E-state index contributed by atoms with van der Waals surface area (Å²) in [5, 5.41) is 11.3. The molecule has 3 aliphatic heterocycles. The van der Waals surface area contributed by atoms with Gasteiger partial charge in [-0.25, -0.2) is 0 Å². The van der Waals surface area contributed by atoms with Crippen LogP contribution in [0.2, 0.25) is 0 Å². The van der Waals surface area contributed by atoms with Gasteiger partial charge in [-0.05, 0) is 48.7 Å². The summed E-state index contributed by atoms with van der Waals surface area (Å²) in [5.41, 5.74) is 0.964. The Morgan fingerprint density at radius 2 is 1.77 bits per heavy atom. The number of hydrogen-bond donors (Lipinski definition) is 1. The molecule has 0 spiro atoms. The Kier molecular flexibility index (Phi) is 6.25. The van der Waals surface area contributed by atoms with E-state index in [-0.39, 0.29) is 24.0 Å². The quantitative estimate of drug-likeness (QED) is 0.382. The van der Waals surface area contributed by atoms with E-state index < -0.39 is 17.7 Å². The number of aliphatic hydroxyl groups excluding tert-OH is 1. The molecule has 2 saturated heterocycles. The molecule has 1 N–H and O–H groups in total. The fourth-order valence-electron chi connectivity index (χ4n) is 4.79. The molecule has 3 aliphatic rings. The first-order chi connectivity index (χ1) is 17.0. The Morgan fingerprint density at radius 3 is 2.49 bits per heavy atom. The molecule has 0 aromatic heterocycles. The van der Waals surface area contributed by atoms with E-state index in [0.29, 0.717) is 53.9 Å². The maximum absolute atomic E-state index is 13.3. The number of aliphatic hydroxyl groups is 1. The molecule has 0 unspecified atom stereocenters. The van der Waals surface area contributed by atoms with Gasteiger partial charge in [0.2, 0.25) is 0 Å². The zero-order valence-corrected chi connectivity index (χ0v) is 19.6. The lowest BCUT2D eigenvalue weighted by Crippen LogP contribution is -2.36. The molecule has 0 bridgehead atoms. The molecule has 2 atom stereocenters. The summed E-state index contributed by atoms with van der Waals surface area (Å²) in [6, 6.07) is 9.30. The summed E-state index contributed by atoms with van der Waals surface area (Å²) in [6.07, 6.45) is 1.52. The van der Waals surface area contributed by atoms with E-state index in [0.717, 1.165) is 12.8 Å². The molecule has 2 aromatic carbocycles. The van der Waals surface area contributed by atoms with Crippen LogP contribution in [0.1, 0.15) is 30.0 Å². The lowest BCUT2D eigenvalue weighted by atomic mass is 9.94. The summed E-state index contributed by atoms with van der Waals surface area (Å²) in [5.74, 6) is 0.273. The van der Waals surface area contributed by atoms with Crippen LogP contribution in [0, 0.1) is 0 Å². The molecular formula is C26H27NO8. The molecule has 2 aromatic rings. The van der Waals surface area contributed by atoms with E-state index >= 15 is 0 Å². The number of methoxy groups -OCH3 is 2. The minimum absolute atomic E-state index is 0.00288. The monoisotopic (exact) mass is 481 g/mol. The predicted octanol–water partition coefficient (Wildman–Crippen LogP) is 3.08. The first kappa shape index (κ1) is 23.0. The fraction of sp³-hybridized carbons (Fsp3) is 0.385. The minimum atomic E-state index is -0.827. The molecule has 9 nitrogen and oxygen atoms in total. The van der Waals surface area contributed by atoms with E-state index in [4.69, 9.17) is 23.7 Å². The SMILES string of the molecule is COc1ccc([C@H]2C(=C(O)c3ccc4c(c3)OCCO4)C(=O)C(=O)N2C[C@H]2CCCO2)cc1OC. The van der Waals surface area contributed by atoms with E-state index in [9.17, 15) is 14.7 Å². The highest BCUT2D eigenvalue weighted by Crippen LogP contribution is 2.43. The van der Waals surface area contributed by atoms with Crippen LogP contribution in [-0.2, 0) is 14.3 Å². The van der Waals surface area contributed by atoms with Crippen molar-refractivity contribution in [3.63, 3.8) is 0 Å². The summed E-state index contributed by atoms with van der Waals surface area (Å²) < 4.78 is 27.7. The highest BCUT2D eigenvalue weighted by molar-refractivity contribution is 6.46. The average Bonchev–Trinajstić information content (AvgIpc) is 3.50.